The van der Waals surface area contributed by atoms with Gasteiger partial charge in [0.15, 0.2) is 0 Å². The fourth-order valence-corrected chi connectivity index (χ4v) is 4.83. The molecule has 0 aliphatic carbocycles. The molecule has 4 N–H and O–H groups in total. The van der Waals surface area contributed by atoms with Crippen LogP contribution < -0.4 is 16.0 Å². The van der Waals surface area contributed by atoms with E-state index in [-0.39, 0.29) is 23.8 Å². The summed E-state index contributed by atoms with van der Waals surface area (Å²) in [5, 5.41) is 14.1. The molecule has 0 saturated carbocycles. The van der Waals surface area contributed by atoms with Gasteiger partial charge < -0.3 is 21.1 Å². The summed E-state index contributed by atoms with van der Waals surface area (Å²) in [4.78, 5) is 28.9. The Kier molecular flexibility index (Phi) is 9.83. The van der Waals surface area contributed by atoms with Gasteiger partial charge in [-0.3, -0.25) is 4.79 Å². The zero-order chi connectivity index (χ0) is 33.1. The number of carbonyl (C=O) groups excluding carboxylic acids is 1. The number of anilines is 2. The second kappa shape index (κ2) is 13.2. The molecule has 1 aliphatic rings. The number of carboxylic acid groups (broad SMARTS) is 1. The maximum Gasteiger partial charge on any atom is 0.416 e. The normalized spacial score (nSPS) is 12.8. The van der Waals surface area contributed by atoms with Crippen LogP contribution in [-0.4, -0.2) is 35.1 Å². The van der Waals surface area contributed by atoms with Crippen molar-refractivity contribution in [1.82, 2.24) is 4.98 Å². The molecule has 5 rings (SSSR count). The smallest absolute Gasteiger partial charge is 0.416 e. The van der Waals surface area contributed by atoms with E-state index in [1.54, 1.807) is 36.5 Å². The number of rotatable bonds is 5. The molecular formula is C30H22Cl2F6N4O3. The highest BCUT2D eigenvalue weighted by Gasteiger charge is 2.37. The molecule has 0 saturated heterocycles. The molecule has 3 aromatic carbocycles. The molecule has 236 valence electrons. The van der Waals surface area contributed by atoms with E-state index in [4.69, 9.17) is 23.2 Å². The van der Waals surface area contributed by atoms with Crippen LogP contribution in [0.15, 0.2) is 72.9 Å². The predicted octanol–water partition coefficient (Wildman–Crippen LogP) is 8.01. The van der Waals surface area contributed by atoms with Crippen molar-refractivity contribution in [3.8, 4) is 11.1 Å². The zero-order valence-electron chi connectivity index (χ0n) is 22.8. The number of primary amides is 1. The molecule has 0 bridgehead atoms. The van der Waals surface area contributed by atoms with Crippen LogP contribution >= 0.6 is 23.2 Å². The van der Waals surface area contributed by atoms with Gasteiger partial charge in [0.05, 0.1) is 22.4 Å². The average Bonchev–Trinajstić information content (AvgIpc) is 2.98. The van der Waals surface area contributed by atoms with Crippen LogP contribution in [-0.2, 0) is 18.9 Å². The fourth-order valence-electron chi connectivity index (χ4n) is 4.46. The second-order valence-electron chi connectivity index (χ2n) is 9.69. The van der Waals surface area contributed by atoms with Crippen LogP contribution in [0.2, 0.25) is 10.0 Å². The summed E-state index contributed by atoms with van der Waals surface area (Å²) in [6.45, 7) is 2.10. The van der Waals surface area contributed by atoms with Gasteiger partial charge in [-0.1, -0.05) is 41.4 Å². The highest BCUT2D eigenvalue weighted by Crippen LogP contribution is 2.37. The highest BCUT2D eigenvalue weighted by atomic mass is 35.5. The van der Waals surface area contributed by atoms with E-state index in [9.17, 15) is 41.0 Å². The lowest BCUT2D eigenvalue weighted by atomic mass is 10.0. The van der Waals surface area contributed by atoms with E-state index in [0.717, 1.165) is 35.7 Å². The third-order valence-electron chi connectivity index (χ3n) is 6.59. The molecule has 0 radical (unpaired) electrons. The molecule has 0 unspecified atom stereocenters. The zero-order valence-corrected chi connectivity index (χ0v) is 24.3. The fraction of sp³-hybridized carbons (Fsp3) is 0.167. The second-order valence-corrected chi connectivity index (χ2v) is 10.5. The van der Waals surface area contributed by atoms with Crippen molar-refractivity contribution in [3.05, 3.63) is 111 Å². The number of aromatic carboxylic acids is 1. The predicted molar refractivity (Wildman–Crippen MR) is 158 cm³/mol. The van der Waals surface area contributed by atoms with Crippen LogP contribution in [0.5, 0.6) is 0 Å². The van der Waals surface area contributed by atoms with Crippen LogP contribution in [0, 0.1) is 0 Å². The summed E-state index contributed by atoms with van der Waals surface area (Å²) in [7, 11) is 0. The number of benzene rings is 3. The first-order valence-electron chi connectivity index (χ1n) is 12.9. The molecule has 0 fully saturated rings. The average molecular weight is 671 g/mol. The molecule has 1 aromatic heterocycles. The number of nitrogens with zero attached hydrogens (tertiary/aromatic N) is 2. The van der Waals surface area contributed by atoms with E-state index >= 15 is 0 Å². The van der Waals surface area contributed by atoms with Gasteiger partial charge in [0.2, 0.25) is 5.91 Å². The largest absolute Gasteiger partial charge is 0.478 e. The van der Waals surface area contributed by atoms with E-state index in [0.29, 0.717) is 22.2 Å². The van der Waals surface area contributed by atoms with Crippen molar-refractivity contribution >= 4 is 46.6 Å². The molecular weight excluding hydrogens is 649 g/mol. The molecule has 0 atom stereocenters. The number of hydrogen-bond acceptors (Lipinski definition) is 5. The molecule has 45 heavy (non-hydrogen) atoms. The monoisotopic (exact) mass is 670 g/mol. The summed E-state index contributed by atoms with van der Waals surface area (Å²) < 4.78 is 73.7. The minimum atomic E-state index is -4.98. The lowest BCUT2D eigenvalue weighted by Crippen LogP contribution is -2.34. The number of fused-ring (bicyclic) bond motifs is 1. The molecule has 15 heteroatoms. The maximum absolute atomic E-state index is 12.3. The summed E-state index contributed by atoms with van der Waals surface area (Å²) in [5.41, 5.74) is 4.15. The maximum atomic E-state index is 12.3. The number of hydrogen-bond donors (Lipinski definition) is 3. The van der Waals surface area contributed by atoms with Crippen molar-refractivity contribution in [2.45, 2.75) is 18.9 Å². The first kappa shape index (κ1) is 33.4. The van der Waals surface area contributed by atoms with E-state index in [2.05, 4.69) is 20.9 Å². The number of halogens is 8. The van der Waals surface area contributed by atoms with Crippen molar-refractivity contribution < 1.29 is 41.0 Å². The molecule has 2 heterocycles. The first-order chi connectivity index (χ1) is 21.0. The summed E-state index contributed by atoms with van der Waals surface area (Å²) in [6.07, 6.45) is -8.26. The quantitative estimate of drug-likeness (QED) is 0.186. The topological polar surface area (TPSA) is 109 Å². The van der Waals surface area contributed by atoms with Gasteiger partial charge >= 0.3 is 18.3 Å². The Hall–Kier alpha value is -4.49. The Bertz CT molecular complexity index is 1720. The Morgan fingerprint density at radius 1 is 0.933 bits per heavy atom. The lowest BCUT2D eigenvalue weighted by Gasteiger charge is -2.32. The van der Waals surface area contributed by atoms with Gasteiger partial charge in [0.25, 0.3) is 0 Å². The van der Waals surface area contributed by atoms with Crippen LogP contribution in [0.1, 0.15) is 37.4 Å². The van der Waals surface area contributed by atoms with Gasteiger partial charge in [0, 0.05) is 47.0 Å². The van der Waals surface area contributed by atoms with Crippen molar-refractivity contribution in [2.75, 3.05) is 23.3 Å². The third-order valence-corrected chi connectivity index (χ3v) is 7.20. The van der Waals surface area contributed by atoms with Crippen LogP contribution in [0.4, 0.5) is 37.8 Å². The molecule has 0 spiro atoms. The van der Waals surface area contributed by atoms with Gasteiger partial charge in [-0.25, -0.2) is 9.78 Å². The van der Waals surface area contributed by atoms with Crippen LogP contribution in [0.25, 0.3) is 11.1 Å². The van der Waals surface area contributed by atoms with E-state index in [1.807, 2.05) is 18.2 Å². The van der Waals surface area contributed by atoms with E-state index in [1.165, 1.54) is 0 Å². The Morgan fingerprint density at radius 2 is 1.58 bits per heavy atom. The first-order valence-corrected chi connectivity index (χ1v) is 13.6. The number of nitrogens with two attached hydrogens (primary N) is 1. The molecule has 1 aliphatic heterocycles. The minimum absolute atomic E-state index is 0.0769. The number of carboxylic acids is 1. The Balaban J connectivity index is 0.000000233. The Morgan fingerprint density at radius 3 is 2.18 bits per heavy atom. The number of alkyl halides is 6. The lowest BCUT2D eigenvalue weighted by molar-refractivity contribution is -0.143. The molecule has 4 aromatic rings. The Labute approximate surface area is 262 Å². The SMILES string of the molecule is NC(=O)c1cc(C(F)(F)F)cc(C(F)(F)F)c1.O=C(O)c1ccccc1-c1cnc2c(c1)N(Cc1cc(Cl)ccc1Cl)CCN2. The van der Waals surface area contributed by atoms with Gasteiger partial charge in [-0.15, -0.1) is 0 Å². The van der Waals surface area contributed by atoms with Gasteiger partial charge in [-0.2, -0.15) is 26.3 Å². The molecule has 7 nitrogen and oxygen atoms in total. The van der Waals surface area contributed by atoms with Crippen molar-refractivity contribution in [3.63, 3.8) is 0 Å². The number of carbonyl (C=O) groups is 2. The van der Waals surface area contributed by atoms with E-state index < -0.39 is 40.9 Å². The molecule has 1 amide bonds. The van der Waals surface area contributed by atoms with Crippen molar-refractivity contribution in [1.29, 1.82) is 0 Å². The van der Waals surface area contributed by atoms with Crippen molar-refractivity contribution in [2.24, 2.45) is 5.73 Å². The number of aromatic nitrogens is 1. The van der Waals surface area contributed by atoms with Gasteiger partial charge in [-0.05, 0) is 59.7 Å². The summed E-state index contributed by atoms with van der Waals surface area (Å²) in [6, 6.07) is 14.8. The third kappa shape index (κ3) is 8.17. The number of amides is 1. The standard InChI is InChI=1S/C21H17Cl2N3O2.C9H5F6NO/c22-15-5-6-18(23)14(9-15)12-26-8-7-24-20-19(26)10-13(11-25-20)16-3-1-2-4-17(16)21(27)28;10-8(11,12)5-1-4(7(16)17)2-6(3-5)9(13,14)15/h1-6,9-11H,7-8,12H2,(H,24,25)(H,27,28);1-3H,(H2,16,17). The number of nitrogens with one attached hydrogen (secondary N) is 1. The minimum Gasteiger partial charge on any atom is -0.478 e. The number of pyridine rings is 1. The summed E-state index contributed by atoms with van der Waals surface area (Å²) >= 11 is 12.5. The highest BCUT2D eigenvalue weighted by molar-refractivity contribution is 6.33. The summed E-state index contributed by atoms with van der Waals surface area (Å²) in [5.74, 6) is -1.56. The van der Waals surface area contributed by atoms with Gasteiger partial charge in [0.1, 0.15) is 5.82 Å². The van der Waals surface area contributed by atoms with Crippen LogP contribution in [0.3, 0.4) is 0 Å².